The Morgan fingerprint density at radius 2 is 1.39 bits per heavy atom. The summed E-state index contributed by atoms with van der Waals surface area (Å²) in [6.45, 7) is 4.53. The maximum Gasteiger partial charge on any atom is 0.318 e. The van der Waals surface area contributed by atoms with Crippen LogP contribution in [0.1, 0.15) is 56.7 Å². The molecular formula is C35H53N7O6S. The lowest BCUT2D eigenvalue weighted by Crippen LogP contribution is -2.59. The highest BCUT2D eigenvalue weighted by Gasteiger charge is 2.34. The SMILES string of the molecule is CC(C)C[C@@H](NC(=O)[C@@H](Cc1ccccc1)NC(=O)N(C)C(CN)c1ccccc1)C(=O)N[C@H](CCCCN)C(=O)N1CCS(=O)(=O)CC1. The first kappa shape index (κ1) is 39.4. The van der Waals surface area contributed by atoms with Gasteiger partial charge in [0.15, 0.2) is 9.84 Å². The second-order valence-electron chi connectivity index (χ2n) is 13.0. The van der Waals surface area contributed by atoms with Gasteiger partial charge in [0.25, 0.3) is 0 Å². The van der Waals surface area contributed by atoms with Gasteiger partial charge in [0, 0.05) is 33.1 Å². The van der Waals surface area contributed by atoms with Crippen molar-refractivity contribution in [3.8, 4) is 0 Å². The molecule has 0 saturated carbocycles. The summed E-state index contributed by atoms with van der Waals surface area (Å²) in [7, 11) is -1.59. The Labute approximate surface area is 290 Å². The minimum atomic E-state index is -3.21. The Bertz CT molecular complexity index is 1460. The monoisotopic (exact) mass is 699 g/mol. The van der Waals surface area contributed by atoms with Crippen molar-refractivity contribution in [3.05, 3.63) is 71.8 Å². The molecule has 1 aliphatic rings. The van der Waals surface area contributed by atoms with Crippen LogP contribution in [0.3, 0.4) is 0 Å². The summed E-state index contributed by atoms with van der Waals surface area (Å²) < 4.78 is 23.9. The number of nitrogens with one attached hydrogen (secondary N) is 3. The van der Waals surface area contributed by atoms with Crippen molar-refractivity contribution in [2.75, 3.05) is 44.7 Å². The van der Waals surface area contributed by atoms with Crippen molar-refractivity contribution in [3.63, 3.8) is 0 Å². The smallest absolute Gasteiger partial charge is 0.318 e. The molecule has 14 heteroatoms. The van der Waals surface area contributed by atoms with Crippen LogP contribution in [-0.2, 0) is 30.6 Å². The Morgan fingerprint density at radius 3 is 1.96 bits per heavy atom. The van der Waals surface area contributed by atoms with Crippen LogP contribution in [0.2, 0.25) is 0 Å². The molecular weight excluding hydrogens is 646 g/mol. The number of nitrogens with zero attached hydrogens (tertiary/aromatic N) is 2. The zero-order valence-electron chi connectivity index (χ0n) is 28.8. The molecule has 1 saturated heterocycles. The third kappa shape index (κ3) is 12.4. The average molecular weight is 700 g/mol. The van der Waals surface area contributed by atoms with E-state index in [0.29, 0.717) is 25.8 Å². The number of amides is 5. The second kappa shape index (κ2) is 19.2. The van der Waals surface area contributed by atoms with Crippen molar-refractivity contribution < 1.29 is 27.6 Å². The van der Waals surface area contributed by atoms with Crippen LogP contribution in [0.15, 0.2) is 60.7 Å². The van der Waals surface area contributed by atoms with E-state index in [1.54, 1.807) is 7.05 Å². The van der Waals surface area contributed by atoms with Crippen LogP contribution >= 0.6 is 0 Å². The van der Waals surface area contributed by atoms with Crippen molar-refractivity contribution in [2.45, 2.75) is 70.1 Å². The average Bonchev–Trinajstić information content (AvgIpc) is 3.08. The number of benzene rings is 2. The number of sulfone groups is 1. The summed E-state index contributed by atoms with van der Waals surface area (Å²) in [4.78, 5) is 57.8. The van der Waals surface area contributed by atoms with Gasteiger partial charge in [-0.1, -0.05) is 74.5 Å². The van der Waals surface area contributed by atoms with E-state index in [9.17, 15) is 27.6 Å². The molecule has 1 aliphatic heterocycles. The molecule has 2 aromatic rings. The molecule has 3 rings (SSSR count). The third-order valence-corrected chi connectivity index (χ3v) is 10.3. The fourth-order valence-corrected chi connectivity index (χ4v) is 7.00. The lowest BCUT2D eigenvalue weighted by atomic mass is 10.00. The molecule has 0 aromatic heterocycles. The molecule has 2 aromatic carbocycles. The predicted octanol–water partition coefficient (Wildman–Crippen LogP) is 1.34. The molecule has 0 aliphatic carbocycles. The van der Waals surface area contributed by atoms with Gasteiger partial charge in [0.05, 0.1) is 17.5 Å². The Hall–Kier alpha value is -4.01. The quantitative estimate of drug-likeness (QED) is 0.153. The summed E-state index contributed by atoms with van der Waals surface area (Å²) in [5.74, 6) is -1.71. The molecule has 270 valence electrons. The summed E-state index contributed by atoms with van der Waals surface area (Å²) in [5.41, 5.74) is 13.4. The van der Waals surface area contributed by atoms with Crippen molar-refractivity contribution in [1.82, 2.24) is 25.8 Å². The van der Waals surface area contributed by atoms with Crippen molar-refractivity contribution in [1.29, 1.82) is 0 Å². The second-order valence-corrected chi connectivity index (χ2v) is 15.3. The zero-order valence-corrected chi connectivity index (χ0v) is 29.7. The molecule has 1 fully saturated rings. The molecule has 1 heterocycles. The van der Waals surface area contributed by atoms with Gasteiger partial charge in [0.2, 0.25) is 17.7 Å². The number of rotatable bonds is 17. The summed E-state index contributed by atoms with van der Waals surface area (Å²) in [6.07, 6.45) is 1.98. The van der Waals surface area contributed by atoms with E-state index >= 15 is 0 Å². The van der Waals surface area contributed by atoms with Gasteiger partial charge in [-0.05, 0) is 49.3 Å². The molecule has 0 radical (unpaired) electrons. The van der Waals surface area contributed by atoms with Gasteiger partial charge in [-0.25, -0.2) is 13.2 Å². The van der Waals surface area contributed by atoms with Crippen LogP contribution < -0.4 is 27.4 Å². The van der Waals surface area contributed by atoms with E-state index in [1.165, 1.54) is 9.80 Å². The molecule has 0 spiro atoms. The van der Waals surface area contributed by atoms with Gasteiger partial charge < -0.3 is 37.2 Å². The molecule has 1 unspecified atom stereocenters. The molecule has 5 amide bonds. The van der Waals surface area contributed by atoms with Crippen LogP contribution in [0.25, 0.3) is 0 Å². The van der Waals surface area contributed by atoms with E-state index in [1.807, 2.05) is 74.5 Å². The molecule has 7 N–H and O–H groups in total. The first-order valence-corrected chi connectivity index (χ1v) is 18.8. The fraction of sp³-hybridized carbons (Fsp3) is 0.543. The number of hydrogen-bond acceptors (Lipinski definition) is 8. The zero-order chi connectivity index (χ0) is 36.0. The lowest BCUT2D eigenvalue weighted by molar-refractivity contribution is -0.137. The number of urea groups is 1. The number of carbonyl (C=O) groups is 4. The largest absolute Gasteiger partial charge is 0.343 e. The minimum absolute atomic E-state index is 0.000717. The summed E-state index contributed by atoms with van der Waals surface area (Å²) in [5, 5.41) is 8.56. The summed E-state index contributed by atoms with van der Waals surface area (Å²) in [6, 6.07) is 14.7. The van der Waals surface area contributed by atoms with Crippen LogP contribution in [-0.4, -0.2) is 105 Å². The van der Waals surface area contributed by atoms with E-state index in [-0.39, 0.29) is 55.8 Å². The Balaban J connectivity index is 1.81. The van der Waals surface area contributed by atoms with Crippen molar-refractivity contribution in [2.24, 2.45) is 17.4 Å². The minimum Gasteiger partial charge on any atom is -0.343 e. The maximum atomic E-state index is 14.0. The number of likely N-dealkylation sites (N-methyl/N-ethyl adjacent to an activating group) is 1. The third-order valence-electron chi connectivity index (χ3n) is 8.65. The van der Waals surface area contributed by atoms with Gasteiger partial charge in [-0.2, -0.15) is 0 Å². The topological polar surface area (TPSA) is 197 Å². The molecule has 49 heavy (non-hydrogen) atoms. The number of hydrogen-bond donors (Lipinski definition) is 5. The van der Waals surface area contributed by atoms with Gasteiger partial charge in [-0.15, -0.1) is 0 Å². The van der Waals surface area contributed by atoms with Gasteiger partial charge >= 0.3 is 6.03 Å². The van der Waals surface area contributed by atoms with Crippen LogP contribution in [0.4, 0.5) is 4.79 Å². The lowest BCUT2D eigenvalue weighted by Gasteiger charge is -2.32. The highest BCUT2D eigenvalue weighted by molar-refractivity contribution is 7.91. The molecule has 4 atom stereocenters. The fourth-order valence-electron chi connectivity index (χ4n) is 5.80. The first-order chi connectivity index (χ1) is 23.3. The number of carbonyl (C=O) groups excluding carboxylic acids is 4. The maximum absolute atomic E-state index is 14.0. The Morgan fingerprint density at radius 1 is 0.816 bits per heavy atom. The van der Waals surface area contributed by atoms with Gasteiger partial charge in [-0.3, -0.25) is 14.4 Å². The highest BCUT2D eigenvalue weighted by atomic mass is 32.2. The van der Waals surface area contributed by atoms with Crippen LogP contribution in [0, 0.1) is 5.92 Å². The number of unbranched alkanes of at least 4 members (excludes halogenated alkanes) is 1. The van der Waals surface area contributed by atoms with E-state index in [4.69, 9.17) is 11.5 Å². The standard InChI is InChI=1S/C35H53N7O6S/c1-25(2)22-29(32(43)38-28(16-10-11-17-36)34(45)42-18-20-49(47,48)21-19-42)39-33(44)30(23-26-12-6-4-7-13-26)40-35(46)41(3)31(24-37)27-14-8-5-9-15-27/h4-9,12-15,25,28-31H,10-11,16-24,36-37H2,1-3H3,(H,38,43)(H,39,44)(H,40,46)/t28-,29-,30-,31?/m1/s1. The predicted molar refractivity (Wildman–Crippen MR) is 190 cm³/mol. The summed E-state index contributed by atoms with van der Waals surface area (Å²) >= 11 is 0. The highest BCUT2D eigenvalue weighted by Crippen LogP contribution is 2.19. The van der Waals surface area contributed by atoms with E-state index in [2.05, 4.69) is 16.0 Å². The van der Waals surface area contributed by atoms with Gasteiger partial charge in [0.1, 0.15) is 18.1 Å². The van der Waals surface area contributed by atoms with E-state index < -0.39 is 51.9 Å². The van der Waals surface area contributed by atoms with Crippen molar-refractivity contribution >= 4 is 33.6 Å². The first-order valence-electron chi connectivity index (χ1n) is 17.0. The van der Waals surface area contributed by atoms with E-state index in [0.717, 1.165) is 11.1 Å². The normalized spacial score (nSPS) is 16.6. The molecule has 13 nitrogen and oxygen atoms in total. The Kier molecular flexibility index (Phi) is 15.5. The van der Waals surface area contributed by atoms with Crippen LogP contribution in [0.5, 0.6) is 0 Å². The molecule has 0 bridgehead atoms. The number of nitrogens with two attached hydrogens (primary N) is 2.